The van der Waals surface area contributed by atoms with Crippen molar-refractivity contribution in [2.45, 2.75) is 27.2 Å². The number of hydrogen-bond donors (Lipinski definition) is 2. The van der Waals surface area contributed by atoms with E-state index in [0.29, 0.717) is 6.54 Å². The molecule has 0 unspecified atom stereocenters. The first kappa shape index (κ1) is 12.2. The molecule has 0 aromatic heterocycles. The van der Waals surface area contributed by atoms with Gasteiger partial charge in [0.15, 0.2) is 0 Å². The molecule has 0 atom stereocenters. The summed E-state index contributed by atoms with van der Waals surface area (Å²) in [6, 6.07) is 0. The van der Waals surface area contributed by atoms with E-state index in [1.54, 1.807) is 6.08 Å². The Balaban J connectivity index is 3.51. The highest BCUT2D eigenvalue weighted by molar-refractivity contribution is 5.79. The van der Waals surface area contributed by atoms with Crippen LogP contribution in [0.15, 0.2) is 12.2 Å². The number of carboxylic acids is 1. The summed E-state index contributed by atoms with van der Waals surface area (Å²) in [6.45, 7) is 8.04. The lowest BCUT2D eigenvalue weighted by molar-refractivity contribution is -0.131. The van der Waals surface area contributed by atoms with E-state index in [1.165, 1.54) is 0 Å². The molecule has 3 heteroatoms. The Bertz CT molecular complexity index is 185. The molecule has 0 saturated carbocycles. The predicted molar refractivity (Wildman–Crippen MR) is 53.7 cm³/mol. The van der Waals surface area contributed by atoms with Gasteiger partial charge < -0.3 is 10.4 Å². The van der Waals surface area contributed by atoms with Gasteiger partial charge in [-0.05, 0) is 11.8 Å². The molecule has 0 rings (SSSR count). The lowest BCUT2D eigenvalue weighted by Gasteiger charge is -2.22. The smallest absolute Gasteiger partial charge is 0.328 e. The molecule has 0 aliphatic rings. The van der Waals surface area contributed by atoms with Crippen molar-refractivity contribution in [3.8, 4) is 0 Å². The van der Waals surface area contributed by atoms with Crippen LogP contribution in [-0.4, -0.2) is 24.2 Å². The topological polar surface area (TPSA) is 49.3 Å². The van der Waals surface area contributed by atoms with Gasteiger partial charge in [0.2, 0.25) is 0 Å². The number of nitrogens with one attached hydrogen (secondary N) is 1. The first-order valence-corrected chi connectivity index (χ1v) is 4.58. The molecule has 0 saturated heterocycles. The molecule has 0 aromatic carbocycles. The van der Waals surface area contributed by atoms with Gasteiger partial charge in [0.1, 0.15) is 0 Å². The molecule has 0 bridgehead atoms. The summed E-state index contributed by atoms with van der Waals surface area (Å²) in [7, 11) is 0. The van der Waals surface area contributed by atoms with Crippen LogP contribution in [0.1, 0.15) is 27.2 Å². The van der Waals surface area contributed by atoms with E-state index in [9.17, 15) is 4.79 Å². The Morgan fingerprint density at radius 2 is 2.15 bits per heavy atom. The van der Waals surface area contributed by atoms with E-state index in [0.717, 1.165) is 19.0 Å². The fourth-order valence-corrected chi connectivity index (χ4v) is 0.779. The van der Waals surface area contributed by atoms with Gasteiger partial charge >= 0.3 is 5.97 Å². The molecule has 76 valence electrons. The number of rotatable bonds is 6. The highest BCUT2D eigenvalue weighted by Crippen LogP contribution is 2.17. The molecule has 0 fully saturated rings. The fourth-order valence-electron chi connectivity index (χ4n) is 0.779. The monoisotopic (exact) mass is 185 g/mol. The van der Waals surface area contributed by atoms with Crippen molar-refractivity contribution in [2.75, 3.05) is 13.1 Å². The third-order valence-corrected chi connectivity index (χ3v) is 2.08. The second kappa shape index (κ2) is 5.75. The van der Waals surface area contributed by atoms with Gasteiger partial charge in [-0.25, -0.2) is 4.79 Å². The lowest BCUT2D eigenvalue weighted by atomic mass is 9.90. The molecular weight excluding hydrogens is 166 g/mol. The van der Waals surface area contributed by atoms with Crippen molar-refractivity contribution in [3.05, 3.63) is 12.2 Å². The highest BCUT2D eigenvalue weighted by atomic mass is 16.4. The van der Waals surface area contributed by atoms with Crippen LogP contribution in [0, 0.1) is 5.41 Å². The summed E-state index contributed by atoms with van der Waals surface area (Å²) in [5, 5.41) is 11.5. The van der Waals surface area contributed by atoms with Crippen molar-refractivity contribution < 1.29 is 9.90 Å². The van der Waals surface area contributed by atoms with Crippen molar-refractivity contribution in [1.82, 2.24) is 5.32 Å². The molecule has 0 spiro atoms. The molecule has 13 heavy (non-hydrogen) atoms. The Kier molecular flexibility index (Phi) is 5.39. The van der Waals surface area contributed by atoms with Gasteiger partial charge in [0.05, 0.1) is 0 Å². The molecule has 0 amide bonds. The van der Waals surface area contributed by atoms with Gasteiger partial charge in [-0.2, -0.15) is 0 Å². The molecule has 0 aliphatic carbocycles. The Hall–Kier alpha value is -0.830. The first-order valence-electron chi connectivity index (χ1n) is 4.58. The van der Waals surface area contributed by atoms with E-state index in [2.05, 4.69) is 26.1 Å². The summed E-state index contributed by atoms with van der Waals surface area (Å²) in [5.41, 5.74) is 0.289. The van der Waals surface area contributed by atoms with Crippen molar-refractivity contribution in [2.24, 2.45) is 5.41 Å². The quantitative estimate of drug-likeness (QED) is 0.488. The van der Waals surface area contributed by atoms with Crippen molar-refractivity contribution >= 4 is 5.97 Å². The number of hydrogen-bond acceptors (Lipinski definition) is 2. The van der Waals surface area contributed by atoms with E-state index in [1.807, 2.05) is 0 Å². The normalized spacial score (nSPS) is 12.2. The van der Waals surface area contributed by atoms with Crippen LogP contribution in [0.4, 0.5) is 0 Å². The zero-order valence-corrected chi connectivity index (χ0v) is 8.63. The number of aliphatic carboxylic acids is 1. The predicted octanol–water partition coefficient (Wildman–Crippen LogP) is 1.65. The molecular formula is C10H19NO2. The summed E-state index contributed by atoms with van der Waals surface area (Å²) in [6.07, 6.45) is 3.89. The highest BCUT2D eigenvalue weighted by Gasteiger charge is 2.12. The Morgan fingerprint density at radius 1 is 1.54 bits per heavy atom. The van der Waals surface area contributed by atoms with Crippen LogP contribution in [0.25, 0.3) is 0 Å². The van der Waals surface area contributed by atoms with Gasteiger partial charge in [-0.3, -0.25) is 0 Å². The second-order valence-corrected chi connectivity index (χ2v) is 3.89. The molecule has 0 aromatic rings. The first-order chi connectivity index (χ1) is 5.98. The van der Waals surface area contributed by atoms with Crippen LogP contribution in [0.5, 0.6) is 0 Å². The maximum atomic E-state index is 10.1. The minimum Gasteiger partial charge on any atom is -0.478 e. The van der Waals surface area contributed by atoms with E-state index in [-0.39, 0.29) is 5.41 Å². The minimum absolute atomic E-state index is 0.289. The van der Waals surface area contributed by atoms with Crippen molar-refractivity contribution in [1.29, 1.82) is 0 Å². The SMILES string of the molecule is CCC(C)(C)CNC/C=C/C(=O)O. The number of carbonyl (C=O) groups is 1. The van der Waals surface area contributed by atoms with Crippen molar-refractivity contribution in [3.63, 3.8) is 0 Å². The average molecular weight is 185 g/mol. The van der Waals surface area contributed by atoms with Crippen LogP contribution >= 0.6 is 0 Å². The summed E-state index contributed by atoms with van der Waals surface area (Å²) < 4.78 is 0. The minimum atomic E-state index is -0.892. The number of carboxylic acid groups (broad SMARTS) is 1. The van der Waals surface area contributed by atoms with Gasteiger partial charge in [0.25, 0.3) is 0 Å². The molecule has 3 nitrogen and oxygen atoms in total. The maximum Gasteiger partial charge on any atom is 0.328 e. The van der Waals surface area contributed by atoms with Gasteiger partial charge in [-0.1, -0.05) is 26.8 Å². The summed E-state index contributed by atoms with van der Waals surface area (Å²) >= 11 is 0. The third kappa shape index (κ3) is 7.53. The van der Waals surface area contributed by atoms with Crippen LogP contribution < -0.4 is 5.32 Å². The zero-order chi connectivity index (χ0) is 10.3. The van der Waals surface area contributed by atoms with E-state index in [4.69, 9.17) is 5.11 Å². The van der Waals surface area contributed by atoms with Crippen LogP contribution in [0.2, 0.25) is 0 Å². The van der Waals surface area contributed by atoms with E-state index < -0.39 is 5.97 Å². The fraction of sp³-hybridized carbons (Fsp3) is 0.700. The Labute approximate surface area is 79.8 Å². The van der Waals surface area contributed by atoms with Gasteiger partial charge in [-0.15, -0.1) is 0 Å². The lowest BCUT2D eigenvalue weighted by Crippen LogP contribution is -2.28. The third-order valence-electron chi connectivity index (χ3n) is 2.08. The summed E-state index contributed by atoms with van der Waals surface area (Å²) in [5.74, 6) is -0.892. The van der Waals surface area contributed by atoms with Crippen LogP contribution in [-0.2, 0) is 4.79 Å². The van der Waals surface area contributed by atoms with E-state index >= 15 is 0 Å². The summed E-state index contributed by atoms with van der Waals surface area (Å²) in [4.78, 5) is 10.1. The molecule has 0 aliphatic heterocycles. The molecule has 0 heterocycles. The second-order valence-electron chi connectivity index (χ2n) is 3.89. The molecule has 2 N–H and O–H groups in total. The maximum absolute atomic E-state index is 10.1. The largest absolute Gasteiger partial charge is 0.478 e. The average Bonchev–Trinajstić information content (AvgIpc) is 2.03. The molecule has 0 radical (unpaired) electrons. The Morgan fingerprint density at radius 3 is 2.62 bits per heavy atom. The van der Waals surface area contributed by atoms with Gasteiger partial charge in [0, 0.05) is 19.2 Å². The van der Waals surface area contributed by atoms with Crippen LogP contribution in [0.3, 0.4) is 0 Å². The zero-order valence-electron chi connectivity index (χ0n) is 8.63. The standard InChI is InChI=1S/C10H19NO2/c1-4-10(2,3)8-11-7-5-6-9(12)13/h5-6,11H,4,7-8H2,1-3H3,(H,12,13)/b6-5+.